The third-order valence-corrected chi connectivity index (χ3v) is 5.39. The lowest BCUT2D eigenvalue weighted by Gasteiger charge is -2.18. The number of hydrogen-bond acceptors (Lipinski definition) is 3. The lowest BCUT2D eigenvalue weighted by atomic mass is 10.2. The Morgan fingerprint density at radius 1 is 1.00 bits per heavy atom. The molecule has 1 aliphatic carbocycles. The Morgan fingerprint density at radius 2 is 1.70 bits per heavy atom. The van der Waals surface area contributed by atoms with Crippen molar-refractivity contribution < 1.29 is 4.74 Å². The first-order valence-corrected chi connectivity index (χ1v) is 10.5. The largest absolute Gasteiger partial charge is 0.493 e. The molecule has 4 rings (SSSR count). The van der Waals surface area contributed by atoms with Crippen molar-refractivity contribution in [3.63, 3.8) is 0 Å². The van der Waals surface area contributed by atoms with Gasteiger partial charge in [-0.1, -0.05) is 42.5 Å². The summed E-state index contributed by atoms with van der Waals surface area (Å²) in [6.45, 7) is 4.24. The molecule has 2 aromatic rings. The van der Waals surface area contributed by atoms with E-state index in [0.717, 1.165) is 49.4 Å². The van der Waals surface area contributed by atoms with Crippen LogP contribution in [0.3, 0.4) is 0 Å². The summed E-state index contributed by atoms with van der Waals surface area (Å²) < 4.78 is 6.00. The number of ether oxygens (including phenoxy) is 1. The van der Waals surface area contributed by atoms with Crippen LogP contribution in [0.4, 0.5) is 5.69 Å². The Kier molecular flexibility index (Phi) is 8.42. The first kappa shape index (κ1) is 22.5. The van der Waals surface area contributed by atoms with Gasteiger partial charge in [0.25, 0.3) is 0 Å². The average molecular weight is 518 g/mol. The summed E-state index contributed by atoms with van der Waals surface area (Å²) in [6.07, 6.45) is 7.01. The standard InChI is InChI=1S/C24H30N4O.HI/c1-25-24(26-16-19-10-12-22(13-11-19)28-14-4-5-15-28)27-17-21-6-2-3-7-23(21)29-18-20-8-9-20;/h2-7,10-13,20H,8-9,14-18H2,1H3,(H2,25,26,27);1H. The molecule has 30 heavy (non-hydrogen) atoms. The molecule has 0 radical (unpaired) electrons. The summed E-state index contributed by atoms with van der Waals surface area (Å²) >= 11 is 0. The van der Waals surface area contributed by atoms with Gasteiger partial charge in [0, 0.05) is 44.5 Å². The molecule has 2 N–H and O–H groups in total. The van der Waals surface area contributed by atoms with Gasteiger partial charge >= 0.3 is 0 Å². The van der Waals surface area contributed by atoms with Crippen molar-refractivity contribution in [2.24, 2.45) is 10.9 Å². The van der Waals surface area contributed by atoms with Crippen molar-refractivity contribution in [2.75, 3.05) is 31.6 Å². The summed E-state index contributed by atoms with van der Waals surface area (Å²) in [7, 11) is 1.80. The molecule has 1 aliphatic heterocycles. The number of halogens is 1. The third-order valence-electron chi connectivity index (χ3n) is 5.39. The number of nitrogens with one attached hydrogen (secondary N) is 2. The number of hydrogen-bond donors (Lipinski definition) is 2. The molecule has 1 heterocycles. The second-order valence-corrected chi connectivity index (χ2v) is 7.68. The van der Waals surface area contributed by atoms with Crippen LogP contribution in [0.1, 0.15) is 24.0 Å². The maximum atomic E-state index is 6.00. The van der Waals surface area contributed by atoms with E-state index in [4.69, 9.17) is 4.74 Å². The molecular formula is C24H31IN4O. The summed E-state index contributed by atoms with van der Waals surface area (Å²) in [5, 5.41) is 6.79. The van der Waals surface area contributed by atoms with Crippen LogP contribution in [-0.4, -0.2) is 32.7 Å². The Morgan fingerprint density at radius 3 is 2.40 bits per heavy atom. The predicted octanol–water partition coefficient (Wildman–Crippen LogP) is 4.33. The van der Waals surface area contributed by atoms with Crippen LogP contribution in [0, 0.1) is 5.92 Å². The fraction of sp³-hybridized carbons (Fsp3) is 0.375. The van der Waals surface area contributed by atoms with E-state index in [1.165, 1.54) is 24.1 Å². The van der Waals surface area contributed by atoms with E-state index >= 15 is 0 Å². The molecule has 6 heteroatoms. The van der Waals surface area contributed by atoms with Crippen molar-refractivity contribution in [3.8, 4) is 5.75 Å². The van der Waals surface area contributed by atoms with Gasteiger partial charge in [-0.15, -0.1) is 24.0 Å². The molecule has 0 amide bonds. The highest BCUT2D eigenvalue weighted by Crippen LogP contribution is 2.30. The van der Waals surface area contributed by atoms with Crippen LogP contribution < -0.4 is 20.3 Å². The van der Waals surface area contributed by atoms with Crippen LogP contribution in [0.25, 0.3) is 0 Å². The normalized spacial score (nSPS) is 15.6. The summed E-state index contributed by atoms with van der Waals surface area (Å²) in [6, 6.07) is 17.0. The fourth-order valence-electron chi connectivity index (χ4n) is 3.38. The Bertz CT molecular complexity index is 854. The monoisotopic (exact) mass is 518 g/mol. The summed E-state index contributed by atoms with van der Waals surface area (Å²) in [4.78, 5) is 6.70. The minimum Gasteiger partial charge on any atom is -0.493 e. The molecule has 0 spiro atoms. The maximum Gasteiger partial charge on any atom is 0.191 e. The SMILES string of the molecule is CN=C(NCc1ccc(N2CC=CC2)cc1)NCc1ccccc1OCC1CC1.I. The molecule has 0 atom stereocenters. The topological polar surface area (TPSA) is 48.9 Å². The molecular weight excluding hydrogens is 487 g/mol. The molecule has 0 bridgehead atoms. The van der Waals surface area contributed by atoms with E-state index in [1.54, 1.807) is 7.05 Å². The van der Waals surface area contributed by atoms with E-state index in [1.807, 2.05) is 12.1 Å². The fourth-order valence-corrected chi connectivity index (χ4v) is 3.38. The van der Waals surface area contributed by atoms with Gasteiger partial charge in [-0.3, -0.25) is 4.99 Å². The molecule has 0 saturated heterocycles. The lowest BCUT2D eigenvalue weighted by molar-refractivity contribution is 0.296. The molecule has 5 nitrogen and oxygen atoms in total. The Hall–Kier alpha value is -2.22. The molecule has 2 aliphatic rings. The number of rotatable bonds is 8. The molecule has 0 aromatic heterocycles. The lowest BCUT2D eigenvalue weighted by Crippen LogP contribution is -2.36. The van der Waals surface area contributed by atoms with E-state index in [-0.39, 0.29) is 24.0 Å². The quantitative estimate of drug-likeness (QED) is 0.237. The zero-order chi connectivity index (χ0) is 19.9. The molecule has 2 aromatic carbocycles. The van der Waals surface area contributed by atoms with Gasteiger partial charge < -0.3 is 20.3 Å². The van der Waals surface area contributed by atoms with Gasteiger partial charge in [0.05, 0.1) is 6.61 Å². The van der Waals surface area contributed by atoms with Crippen molar-refractivity contribution in [3.05, 3.63) is 71.8 Å². The Labute approximate surface area is 196 Å². The van der Waals surface area contributed by atoms with Gasteiger partial charge in [0.1, 0.15) is 5.75 Å². The number of nitrogens with zero attached hydrogens (tertiary/aromatic N) is 2. The smallest absolute Gasteiger partial charge is 0.191 e. The van der Waals surface area contributed by atoms with Gasteiger partial charge in [0.15, 0.2) is 5.96 Å². The van der Waals surface area contributed by atoms with Gasteiger partial charge in [-0.25, -0.2) is 0 Å². The van der Waals surface area contributed by atoms with Gasteiger partial charge in [-0.05, 0) is 42.5 Å². The van der Waals surface area contributed by atoms with E-state index in [0.29, 0.717) is 6.54 Å². The highest BCUT2D eigenvalue weighted by molar-refractivity contribution is 14.0. The molecule has 1 fully saturated rings. The Balaban J connectivity index is 0.00000256. The van der Waals surface area contributed by atoms with Crippen LogP contribution in [0.2, 0.25) is 0 Å². The number of benzene rings is 2. The molecule has 160 valence electrons. The minimum atomic E-state index is 0. The highest BCUT2D eigenvalue weighted by Gasteiger charge is 2.22. The van der Waals surface area contributed by atoms with Gasteiger partial charge in [0.2, 0.25) is 0 Å². The number of guanidine groups is 1. The zero-order valence-corrected chi connectivity index (χ0v) is 19.8. The van der Waals surface area contributed by atoms with Gasteiger partial charge in [-0.2, -0.15) is 0 Å². The molecule has 0 unspecified atom stereocenters. The third kappa shape index (κ3) is 6.39. The second-order valence-electron chi connectivity index (χ2n) is 7.68. The first-order valence-electron chi connectivity index (χ1n) is 10.5. The summed E-state index contributed by atoms with van der Waals surface area (Å²) in [5.74, 6) is 2.50. The van der Waals surface area contributed by atoms with Crippen molar-refractivity contribution in [1.29, 1.82) is 0 Å². The number of para-hydroxylation sites is 1. The predicted molar refractivity (Wildman–Crippen MR) is 135 cm³/mol. The van der Waals surface area contributed by atoms with Crippen molar-refractivity contribution >= 4 is 35.6 Å². The van der Waals surface area contributed by atoms with Crippen LogP contribution in [0.15, 0.2) is 65.7 Å². The highest BCUT2D eigenvalue weighted by atomic mass is 127. The maximum absolute atomic E-state index is 6.00. The van der Waals surface area contributed by atoms with Crippen molar-refractivity contribution in [1.82, 2.24) is 10.6 Å². The van der Waals surface area contributed by atoms with Crippen LogP contribution in [-0.2, 0) is 13.1 Å². The van der Waals surface area contributed by atoms with E-state index < -0.39 is 0 Å². The van der Waals surface area contributed by atoms with E-state index in [2.05, 4.69) is 69.1 Å². The number of anilines is 1. The van der Waals surface area contributed by atoms with Crippen molar-refractivity contribution in [2.45, 2.75) is 25.9 Å². The van der Waals surface area contributed by atoms with Crippen LogP contribution in [0.5, 0.6) is 5.75 Å². The van der Waals surface area contributed by atoms with Crippen LogP contribution >= 0.6 is 24.0 Å². The number of aliphatic imine (C=N–C) groups is 1. The average Bonchev–Trinajstić information content (AvgIpc) is 3.44. The minimum absolute atomic E-state index is 0. The zero-order valence-electron chi connectivity index (χ0n) is 17.5. The summed E-state index contributed by atoms with van der Waals surface area (Å²) in [5.41, 5.74) is 3.65. The first-order chi connectivity index (χ1) is 14.3. The second kappa shape index (κ2) is 11.2. The molecule has 1 saturated carbocycles. The van der Waals surface area contributed by atoms with E-state index in [9.17, 15) is 0 Å².